The van der Waals surface area contributed by atoms with Gasteiger partial charge in [-0.25, -0.2) is 4.21 Å². The summed E-state index contributed by atoms with van der Waals surface area (Å²) in [7, 11) is -3.23. The zero-order chi connectivity index (χ0) is 15.1. The smallest absolute Gasteiger partial charge is 0.261 e. The molecule has 0 atom stereocenters. The molecule has 7 heteroatoms. The molecule has 0 bridgehead atoms. The van der Waals surface area contributed by atoms with Crippen LogP contribution in [0.3, 0.4) is 0 Å². The largest absolute Gasteiger partial charge is 0.474 e. The molecule has 0 N–H and O–H groups in total. The van der Waals surface area contributed by atoms with Crippen LogP contribution in [0.1, 0.15) is 27.7 Å². The molecule has 0 aromatic rings. The summed E-state index contributed by atoms with van der Waals surface area (Å²) in [5, 5.41) is 0. The SMILES string of the molecule is CC1(C)C=CC(C)(C)CS(=O)(=NC(=O)C(F)(F)F)C1. The van der Waals surface area contributed by atoms with Crippen LogP contribution in [0.5, 0.6) is 0 Å². The molecule has 0 saturated carbocycles. The highest BCUT2D eigenvalue weighted by Gasteiger charge is 2.41. The van der Waals surface area contributed by atoms with Crippen molar-refractivity contribution in [2.24, 2.45) is 15.2 Å². The van der Waals surface area contributed by atoms with Gasteiger partial charge in [0.15, 0.2) is 0 Å². The average Bonchev–Trinajstić information content (AvgIpc) is 2.17. The van der Waals surface area contributed by atoms with Crippen molar-refractivity contribution < 1.29 is 22.2 Å². The van der Waals surface area contributed by atoms with Gasteiger partial charge in [-0.2, -0.15) is 17.5 Å². The number of rotatable bonds is 0. The maximum atomic E-state index is 12.6. The molecule has 110 valence electrons. The standard InChI is InChI=1S/C12H18F3NO2S/c1-10(2)5-6-11(3,4)8-19(18,7-10)16-9(17)12(13,14)15/h5-6H,7-8H2,1-4H3. The molecule has 0 unspecified atom stereocenters. The first-order valence-corrected chi connectivity index (χ1v) is 7.64. The van der Waals surface area contributed by atoms with E-state index < -0.39 is 32.6 Å². The van der Waals surface area contributed by atoms with Gasteiger partial charge in [-0.3, -0.25) is 4.79 Å². The van der Waals surface area contributed by atoms with E-state index >= 15 is 0 Å². The summed E-state index contributed by atoms with van der Waals surface area (Å²) >= 11 is 0. The lowest BCUT2D eigenvalue weighted by molar-refractivity contribution is -0.169. The van der Waals surface area contributed by atoms with E-state index in [1.807, 2.05) is 12.2 Å². The number of halogens is 3. The number of amides is 1. The highest BCUT2D eigenvalue weighted by atomic mass is 32.2. The van der Waals surface area contributed by atoms with Gasteiger partial charge in [-0.1, -0.05) is 39.8 Å². The number of allylic oxidation sites excluding steroid dienone is 2. The molecular formula is C12H18F3NO2S. The van der Waals surface area contributed by atoms with Crippen LogP contribution in [0.15, 0.2) is 16.5 Å². The van der Waals surface area contributed by atoms with Gasteiger partial charge >= 0.3 is 12.1 Å². The van der Waals surface area contributed by atoms with E-state index in [9.17, 15) is 22.2 Å². The van der Waals surface area contributed by atoms with Crippen molar-refractivity contribution in [3.8, 4) is 0 Å². The number of carbonyl (C=O) groups excluding carboxylic acids is 1. The predicted octanol–water partition coefficient (Wildman–Crippen LogP) is 3.17. The van der Waals surface area contributed by atoms with Crippen LogP contribution in [0.25, 0.3) is 0 Å². The third-order valence-electron chi connectivity index (χ3n) is 2.67. The first kappa shape index (κ1) is 16.2. The molecule has 19 heavy (non-hydrogen) atoms. The topological polar surface area (TPSA) is 46.5 Å². The molecule has 0 saturated heterocycles. The summed E-state index contributed by atoms with van der Waals surface area (Å²) in [4.78, 5) is 11.0. The third-order valence-corrected chi connectivity index (χ3v) is 5.56. The molecule has 0 aromatic heterocycles. The summed E-state index contributed by atoms with van der Waals surface area (Å²) in [6.07, 6.45) is -1.42. The number of alkyl halides is 3. The zero-order valence-electron chi connectivity index (χ0n) is 11.4. The maximum absolute atomic E-state index is 12.6. The molecule has 1 amide bonds. The van der Waals surface area contributed by atoms with Crippen molar-refractivity contribution >= 4 is 15.6 Å². The second-order valence-corrected chi connectivity index (χ2v) is 8.57. The van der Waals surface area contributed by atoms with Gasteiger partial charge < -0.3 is 0 Å². The van der Waals surface area contributed by atoms with Crippen molar-refractivity contribution in [1.29, 1.82) is 0 Å². The van der Waals surface area contributed by atoms with Gasteiger partial charge in [0.2, 0.25) is 0 Å². The van der Waals surface area contributed by atoms with E-state index in [2.05, 4.69) is 4.36 Å². The monoisotopic (exact) mass is 297 g/mol. The number of carbonyl (C=O) groups is 1. The number of hydrogen-bond acceptors (Lipinski definition) is 2. The fourth-order valence-corrected chi connectivity index (χ4v) is 5.18. The van der Waals surface area contributed by atoms with E-state index in [0.717, 1.165) is 0 Å². The normalized spacial score (nSPS) is 24.6. The fraction of sp³-hybridized carbons (Fsp3) is 0.750. The lowest BCUT2D eigenvalue weighted by atomic mass is 9.89. The van der Waals surface area contributed by atoms with Crippen molar-refractivity contribution in [2.45, 2.75) is 33.9 Å². The Balaban J connectivity index is 3.28. The Morgan fingerprint density at radius 3 is 1.79 bits per heavy atom. The summed E-state index contributed by atoms with van der Waals surface area (Å²) in [5.74, 6) is -2.37. The van der Waals surface area contributed by atoms with Crippen LogP contribution in [-0.4, -0.2) is 27.8 Å². The molecule has 3 nitrogen and oxygen atoms in total. The number of nitrogens with zero attached hydrogens (tertiary/aromatic N) is 1. The Kier molecular flexibility index (Phi) is 3.93. The molecule has 1 rings (SSSR count). The lowest BCUT2D eigenvalue weighted by Crippen LogP contribution is -2.30. The van der Waals surface area contributed by atoms with Crippen LogP contribution in [0.4, 0.5) is 13.2 Å². The molecule has 0 aromatic carbocycles. The van der Waals surface area contributed by atoms with Crippen molar-refractivity contribution in [1.82, 2.24) is 0 Å². The molecule has 1 aliphatic rings. The van der Waals surface area contributed by atoms with Crippen molar-refractivity contribution in [2.75, 3.05) is 11.5 Å². The van der Waals surface area contributed by atoms with Crippen LogP contribution >= 0.6 is 0 Å². The lowest BCUT2D eigenvalue weighted by Gasteiger charge is -2.22. The van der Waals surface area contributed by atoms with Gasteiger partial charge in [-0.15, -0.1) is 0 Å². The molecular weight excluding hydrogens is 279 g/mol. The Morgan fingerprint density at radius 2 is 1.47 bits per heavy atom. The highest BCUT2D eigenvalue weighted by Crippen LogP contribution is 2.33. The molecule has 0 aliphatic carbocycles. The van der Waals surface area contributed by atoms with Crippen molar-refractivity contribution in [3.63, 3.8) is 0 Å². The van der Waals surface area contributed by atoms with Crippen LogP contribution in [-0.2, 0) is 14.5 Å². The van der Waals surface area contributed by atoms with E-state index in [1.54, 1.807) is 27.7 Å². The second-order valence-electron chi connectivity index (χ2n) is 6.27. The Bertz CT molecular complexity index is 498. The van der Waals surface area contributed by atoms with Gasteiger partial charge in [0.05, 0.1) is 9.73 Å². The summed E-state index contributed by atoms with van der Waals surface area (Å²) in [6, 6.07) is 0. The van der Waals surface area contributed by atoms with Crippen LogP contribution in [0.2, 0.25) is 0 Å². The minimum absolute atomic E-state index is 0.0538. The van der Waals surface area contributed by atoms with Gasteiger partial charge in [0.25, 0.3) is 0 Å². The third kappa shape index (κ3) is 4.63. The second kappa shape index (κ2) is 4.61. The fourth-order valence-electron chi connectivity index (χ4n) is 2.03. The van der Waals surface area contributed by atoms with Gasteiger partial charge in [-0.05, 0) is 10.8 Å². The summed E-state index contributed by atoms with van der Waals surface area (Å²) < 4.78 is 52.4. The zero-order valence-corrected chi connectivity index (χ0v) is 12.2. The Morgan fingerprint density at radius 1 is 1.11 bits per heavy atom. The Hall–Kier alpha value is -0.850. The molecule has 1 heterocycles. The summed E-state index contributed by atoms with van der Waals surface area (Å²) in [6.45, 7) is 7.05. The Labute approximate surface area is 111 Å². The van der Waals surface area contributed by atoms with E-state index in [1.165, 1.54) is 0 Å². The maximum Gasteiger partial charge on any atom is 0.474 e. The van der Waals surface area contributed by atoms with Crippen LogP contribution in [0, 0.1) is 10.8 Å². The molecule has 0 fully saturated rings. The molecule has 0 radical (unpaired) electrons. The average molecular weight is 297 g/mol. The quantitative estimate of drug-likeness (QED) is 0.645. The van der Waals surface area contributed by atoms with Crippen LogP contribution < -0.4 is 0 Å². The summed E-state index contributed by atoms with van der Waals surface area (Å²) in [5.41, 5.74) is -1.11. The number of hydrogen-bond donors (Lipinski definition) is 0. The van der Waals surface area contributed by atoms with E-state index in [-0.39, 0.29) is 11.5 Å². The van der Waals surface area contributed by atoms with E-state index in [0.29, 0.717) is 0 Å². The molecule has 1 aliphatic heterocycles. The first-order valence-electron chi connectivity index (χ1n) is 5.79. The first-order chi connectivity index (χ1) is 8.25. The van der Waals surface area contributed by atoms with E-state index in [4.69, 9.17) is 0 Å². The molecule has 0 spiro atoms. The predicted molar refractivity (Wildman–Crippen MR) is 68.1 cm³/mol. The minimum Gasteiger partial charge on any atom is -0.261 e. The highest BCUT2D eigenvalue weighted by molar-refractivity contribution is 7.94. The minimum atomic E-state index is -5.07. The van der Waals surface area contributed by atoms with Crippen molar-refractivity contribution in [3.05, 3.63) is 12.2 Å². The van der Waals surface area contributed by atoms with Gasteiger partial charge in [0.1, 0.15) is 0 Å². The van der Waals surface area contributed by atoms with Gasteiger partial charge in [0, 0.05) is 11.5 Å².